The summed E-state index contributed by atoms with van der Waals surface area (Å²) < 4.78 is 17.7. The van der Waals surface area contributed by atoms with Crippen molar-refractivity contribution in [2.45, 2.75) is 13.8 Å². The van der Waals surface area contributed by atoms with Gasteiger partial charge in [-0.15, -0.1) is 12.4 Å². The molecule has 0 bridgehead atoms. The standard InChI is InChI=1S/C24H27N3O4S.ClH/c1-5-26(6-2)13-14-27(23(28)20-15-16-9-7-8-10-17(16)31-20)24-25-21-18(29-3)11-12-19(30-4)22(21)32-24;/h7-12,15H,5-6,13-14H2,1-4H3;1H. The first kappa shape index (κ1) is 24.8. The van der Waals surface area contributed by atoms with E-state index in [2.05, 4.69) is 18.7 Å². The zero-order valence-electron chi connectivity index (χ0n) is 19.2. The van der Waals surface area contributed by atoms with Gasteiger partial charge in [0, 0.05) is 18.5 Å². The number of nitrogens with zero attached hydrogens (tertiary/aromatic N) is 3. The highest BCUT2D eigenvalue weighted by molar-refractivity contribution is 7.22. The van der Waals surface area contributed by atoms with Crippen LogP contribution in [0, 0.1) is 0 Å². The minimum Gasteiger partial charge on any atom is -0.495 e. The molecule has 0 saturated carbocycles. The van der Waals surface area contributed by atoms with E-state index in [4.69, 9.17) is 18.9 Å². The Morgan fingerprint density at radius 1 is 1.03 bits per heavy atom. The molecule has 4 rings (SSSR count). The number of halogens is 1. The van der Waals surface area contributed by atoms with E-state index in [1.165, 1.54) is 11.3 Å². The maximum atomic E-state index is 13.6. The lowest BCUT2D eigenvalue weighted by atomic mass is 10.2. The Kier molecular flexibility index (Phi) is 8.18. The Balaban J connectivity index is 0.00000306. The smallest absolute Gasteiger partial charge is 0.295 e. The summed E-state index contributed by atoms with van der Waals surface area (Å²) in [6.07, 6.45) is 0. The molecule has 0 aliphatic carbocycles. The summed E-state index contributed by atoms with van der Waals surface area (Å²) in [7, 11) is 3.23. The van der Waals surface area contributed by atoms with E-state index in [1.807, 2.05) is 36.4 Å². The summed E-state index contributed by atoms with van der Waals surface area (Å²) in [4.78, 5) is 22.4. The van der Waals surface area contributed by atoms with Crippen LogP contribution in [-0.2, 0) is 0 Å². The molecule has 0 radical (unpaired) electrons. The van der Waals surface area contributed by atoms with Gasteiger partial charge in [0.2, 0.25) is 0 Å². The number of carbonyl (C=O) groups is 1. The molecule has 0 aliphatic heterocycles. The fourth-order valence-electron chi connectivity index (χ4n) is 3.68. The van der Waals surface area contributed by atoms with E-state index in [0.717, 1.165) is 29.7 Å². The second-order valence-corrected chi connectivity index (χ2v) is 8.25. The van der Waals surface area contributed by atoms with Gasteiger partial charge in [-0.25, -0.2) is 4.98 Å². The minimum absolute atomic E-state index is 0. The fourth-order valence-corrected chi connectivity index (χ4v) is 4.77. The lowest BCUT2D eigenvalue weighted by Gasteiger charge is -2.24. The SMILES string of the molecule is CCN(CC)CCN(C(=O)c1cc2ccccc2o1)c1nc2c(OC)ccc(OC)c2s1.Cl. The van der Waals surface area contributed by atoms with Crippen molar-refractivity contribution in [1.29, 1.82) is 0 Å². The number of fused-ring (bicyclic) bond motifs is 2. The number of benzene rings is 2. The van der Waals surface area contributed by atoms with E-state index in [9.17, 15) is 4.79 Å². The third-order valence-corrected chi connectivity index (χ3v) is 6.64. The molecule has 4 aromatic rings. The molecule has 0 aliphatic rings. The second-order valence-electron chi connectivity index (χ2n) is 7.28. The first-order valence-corrected chi connectivity index (χ1v) is 11.5. The largest absolute Gasteiger partial charge is 0.495 e. The lowest BCUT2D eigenvalue weighted by molar-refractivity contribution is 0.0959. The molecule has 0 unspecified atom stereocenters. The molecule has 0 fully saturated rings. The van der Waals surface area contributed by atoms with Crippen LogP contribution in [0.2, 0.25) is 0 Å². The van der Waals surface area contributed by atoms with E-state index >= 15 is 0 Å². The summed E-state index contributed by atoms with van der Waals surface area (Å²) in [5.74, 6) is 1.42. The number of amides is 1. The van der Waals surface area contributed by atoms with Crippen molar-refractivity contribution >= 4 is 56.0 Å². The van der Waals surface area contributed by atoms with Gasteiger partial charge in [0.1, 0.15) is 27.3 Å². The van der Waals surface area contributed by atoms with Gasteiger partial charge in [0.25, 0.3) is 5.91 Å². The van der Waals surface area contributed by atoms with Crippen molar-refractivity contribution in [3.63, 3.8) is 0 Å². The normalized spacial score (nSPS) is 11.1. The van der Waals surface area contributed by atoms with Gasteiger partial charge in [-0.05, 0) is 37.4 Å². The lowest BCUT2D eigenvalue weighted by Crippen LogP contribution is -2.38. The number of anilines is 1. The maximum Gasteiger partial charge on any atom is 0.295 e. The molecule has 0 saturated heterocycles. The van der Waals surface area contributed by atoms with Crippen LogP contribution in [-0.4, -0.2) is 56.2 Å². The average Bonchev–Trinajstić information content (AvgIpc) is 3.45. The third-order valence-electron chi connectivity index (χ3n) is 5.55. The highest BCUT2D eigenvalue weighted by Crippen LogP contribution is 2.40. The molecule has 33 heavy (non-hydrogen) atoms. The number of methoxy groups -OCH3 is 2. The first-order valence-electron chi connectivity index (χ1n) is 10.6. The number of furan rings is 1. The van der Waals surface area contributed by atoms with Crippen LogP contribution in [0.15, 0.2) is 46.9 Å². The number of ether oxygens (including phenoxy) is 2. The van der Waals surface area contributed by atoms with Gasteiger partial charge in [0.15, 0.2) is 10.9 Å². The van der Waals surface area contributed by atoms with Crippen LogP contribution in [0.25, 0.3) is 21.2 Å². The molecular formula is C24H28ClN3O4S. The molecule has 9 heteroatoms. The Morgan fingerprint density at radius 3 is 2.39 bits per heavy atom. The van der Waals surface area contributed by atoms with Gasteiger partial charge in [-0.1, -0.05) is 43.4 Å². The molecule has 2 heterocycles. The van der Waals surface area contributed by atoms with Crippen molar-refractivity contribution in [2.24, 2.45) is 0 Å². The van der Waals surface area contributed by atoms with Crippen LogP contribution in [0.4, 0.5) is 5.13 Å². The topological polar surface area (TPSA) is 68.0 Å². The highest BCUT2D eigenvalue weighted by Gasteiger charge is 2.26. The third kappa shape index (κ3) is 4.93. The average molecular weight is 490 g/mol. The zero-order valence-corrected chi connectivity index (χ0v) is 20.8. The van der Waals surface area contributed by atoms with Crippen molar-refractivity contribution in [1.82, 2.24) is 9.88 Å². The van der Waals surface area contributed by atoms with Crippen molar-refractivity contribution < 1.29 is 18.7 Å². The summed E-state index contributed by atoms with van der Waals surface area (Å²) in [6.45, 7) is 7.26. The van der Waals surface area contributed by atoms with Crippen LogP contribution < -0.4 is 14.4 Å². The summed E-state index contributed by atoms with van der Waals surface area (Å²) in [5, 5.41) is 1.48. The molecule has 0 atom stereocenters. The fraction of sp³-hybridized carbons (Fsp3) is 0.333. The number of thiazole rings is 1. The molecular weight excluding hydrogens is 462 g/mol. The van der Waals surface area contributed by atoms with E-state index in [1.54, 1.807) is 25.2 Å². The maximum absolute atomic E-state index is 13.6. The van der Waals surface area contributed by atoms with Gasteiger partial charge in [0.05, 0.1) is 14.2 Å². The Morgan fingerprint density at radius 2 is 1.73 bits per heavy atom. The van der Waals surface area contributed by atoms with Crippen LogP contribution in [0.3, 0.4) is 0 Å². The Labute approximate surface area is 203 Å². The number of rotatable bonds is 9. The number of hydrogen-bond donors (Lipinski definition) is 0. The summed E-state index contributed by atoms with van der Waals surface area (Å²) >= 11 is 1.41. The molecule has 176 valence electrons. The quantitative estimate of drug-likeness (QED) is 0.310. The van der Waals surface area contributed by atoms with E-state index < -0.39 is 0 Å². The van der Waals surface area contributed by atoms with Crippen LogP contribution in [0.5, 0.6) is 11.5 Å². The van der Waals surface area contributed by atoms with Crippen LogP contribution >= 0.6 is 23.7 Å². The van der Waals surface area contributed by atoms with E-state index in [0.29, 0.717) is 40.0 Å². The summed E-state index contributed by atoms with van der Waals surface area (Å²) in [6, 6.07) is 13.1. The molecule has 7 nitrogen and oxygen atoms in total. The number of para-hydroxylation sites is 1. The molecule has 0 spiro atoms. The molecule has 1 amide bonds. The molecule has 0 N–H and O–H groups in total. The van der Waals surface area contributed by atoms with Crippen molar-refractivity contribution in [3.05, 3.63) is 48.2 Å². The predicted octanol–water partition coefficient (Wildman–Crippen LogP) is 5.47. The number of carbonyl (C=O) groups excluding carboxylic acids is 1. The number of hydrogen-bond acceptors (Lipinski definition) is 7. The van der Waals surface area contributed by atoms with Crippen molar-refractivity contribution in [3.8, 4) is 11.5 Å². The Hall–Kier alpha value is -2.81. The number of aromatic nitrogens is 1. The predicted molar refractivity (Wildman–Crippen MR) is 136 cm³/mol. The highest BCUT2D eigenvalue weighted by atomic mass is 35.5. The monoisotopic (exact) mass is 489 g/mol. The summed E-state index contributed by atoms with van der Waals surface area (Å²) in [5.41, 5.74) is 1.37. The molecule has 2 aromatic heterocycles. The van der Waals surface area contributed by atoms with Gasteiger partial charge < -0.3 is 18.8 Å². The van der Waals surface area contributed by atoms with Gasteiger partial charge in [-0.3, -0.25) is 9.69 Å². The first-order chi connectivity index (χ1) is 15.6. The second kappa shape index (κ2) is 10.9. The zero-order chi connectivity index (χ0) is 22.7. The van der Waals surface area contributed by atoms with Gasteiger partial charge >= 0.3 is 0 Å². The minimum atomic E-state index is -0.217. The van der Waals surface area contributed by atoms with Crippen molar-refractivity contribution in [2.75, 3.05) is 45.3 Å². The van der Waals surface area contributed by atoms with Crippen LogP contribution in [0.1, 0.15) is 24.4 Å². The Bertz CT molecular complexity index is 1160. The van der Waals surface area contributed by atoms with Gasteiger partial charge in [-0.2, -0.15) is 0 Å². The number of likely N-dealkylation sites (N-methyl/N-ethyl adjacent to an activating group) is 1. The molecule has 2 aromatic carbocycles. The van der Waals surface area contributed by atoms with E-state index in [-0.39, 0.29) is 18.3 Å².